The van der Waals surface area contributed by atoms with Crippen molar-refractivity contribution in [3.8, 4) is 0 Å². The molecule has 1 heterocycles. The molecule has 0 radical (unpaired) electrons. The van der Waals surface area contributed by atoms with Gasteiger partial charge in [-0.15, -0.1) is 18.1 Å². The molecule has 0 bridgehead atoms. The molecule has 0 amide bonds. The van der Waals surface area contributed by atoms with Gasteiger partial charge in [0.25, 0.3) is 0 Å². The number of aryl methyl sites for hydroxylation is 4. The summed E-state index contributed by atoms with van der Waals surface area (Å²) >= 11 is 0. The number of rotatable bonds is 3. The Morgan fingerprint density at radius 3 is 1.73 bits per heavy atom. The van der Waals surface area contributed by atoms with Gasteiger partial charge in [0.05, 0.1) is 5.69 Å². The van der Waals surface area contributed by atoms with Gasteiger partial charge in [-0.3, -0.25) is 9.98 Å². The fourth-order valence-corrected chi connectivity index (χ4v) is 2.88. The van der Waals surface area contributed by atoms with Crippen LogP contribution in [0.25, 0.3) is 0 Å². The molecular formula is C25H28ClFeN3. The Bertz CT molecular complexity index is 942. The van der Waals surface area contributed by atoms with Crippen molar-refractivity contribution in [2.75, 3.05) is 0 Å². The van der Waals surface area contributed by atoms with Gasteiger partial charge in [0.2, 0.25) is 0 Å². The van der Waals surface area contributed by atoms with Crippen LogP contribution in [-0.2, 0) is 17.1 Å². The number of pyridine rings is 1. The predicted octanol–water partition coefficient (Wildman–Crippen LogP) is 3.74. The van der Waals surface area contributed by atoms with Crippen LogP contribution in [0.4, 0.5) is 11.4 Å². The molecule has 3 rings (SSSR count). The molecule has 0 saturated carbocycles. The Morgan fingerprint density at radius 2 is 1.30 bits per heavy atom. The molecule has 3 nitrogen and oxygen atoms in total. The van der Waals surface area contributed by atoms with E-state index in [0.717, 1.165) is 22.6 Å². The number of hydrogen-bond acceptors (Lipinski definition) is 3. The van der Waals surface area contributed by atoms with E-state index >= 15 is 0 Å². The van der Waals surface area contributed by atoms with Gasteiger partial charge < -0.3 is 17.4 Å². The summed E-state index contributed by atoms with van der Waals surface area (Å²) in [5.41, 5.74) is 9.00. The second-order valence-electron chi connectivity index (χ2n) is 6.76. The summed E-state index contributed by atoms with van der Waals surface area (Å²) < 4.78 is 0. The van der Waals surface area contributed by atoms with Crippen molar-refractivity contribution in [2.45, 2.75) is 41.5 Å². The van der Waals surface area contributed by atoms with Crippen LogP contribution in [0, 0.1) is 27.7 Å². The Labute approximate surface area is 197 Å². The van der Waals surface area contributed by atoms with E-state index in [-0.39, 0.29) is 29.5 Å². The van der Waals surface area contributed by atoms with E-state index in [1.807, 2.05) is 38.2 Å². The summed E-state index contributed by atoms with van der Waals surface area (Å²) in [7, 11) is 0. The molecule has 0 saturated heterocycles. The number of halogens is 1. The first-order valence-corrected chi connectivity index (χ1v) is 9.39. The molecule has 158 valence electrons. The molecule has 0 unspecified atom stereocenters. The summed E-state index contributed by atoms with van der Waals surface area (Å²) in [5.74, 6) is 0. The van der Waals surface area contributed by atoms with Gasteiger partial charge in [0.1, 0.15) is 0 Å². The molecule has 3 aromatic rings. The third-order valence-electron chi connectivity index (χ3n) is 4.46. The number of benzene rings is 2. The maximum Gasteiger partial charge on any atom is 2.00 e. The average Bonchev–Trinajstić information content (AvgIpc) is 2.69. The normalized spacial score (nSPS) is 10.5. The van der Waals surface area contributed by atoms with Crippen molar-refractivity contribution in [1.29, 1.82) is 0 Å². The Hall–Kier alpha value is -2.26. The second kappa shape index (κ2) is 13.9. The van der Waals surface area contributed by atoms with Gasteiger partial charge in [-0.1, -0.05) is 62.0 Å². The largest absolute Gasteiger partial charge is 2.00 e. The van der Waals surface area contributed by atoms with Crippen LogP contribution in [0.1, 0.15) is 41.7 Å². The second-order valence-corrected chi connectivity index (χ2v) is 6.76. The summed E-state index contributed by atoms with van der Waals surface area (Å²) in [5, 5.41) is 0. The molecular weight excluding hydrogens is 434 g/mol. The zero-order valence-corrected chi connectivity index (χ0v) is 20.2. The maximum absolute atomic E-state index is 4.70. The molecule has 0 N–H and O–H groups in total. The van der Waals surface area contributed by atoms with Crippen molar-refractivity contribution in [3.05, 3.63) is 88.7 Å². The zero-order valence-electron chi connectivity index (χ0n) is 18.3. The van der Waals surface area contributed by atoms with Crippen molar-refractivity contribution in [1.82, 2.24) is 4.98 Å². The first-order valence-electron chi connectivity index (χ1n) is 9.39. The van der Waals surface area contributed by atoms with E-state index in [9.17, 15) is 0 Å². The molecule has 0 fully saturated rings. The number of hydrogen-bond donors (Lipinski definition) is 0. The molecule has 0 aliphatic rings. The van der Waals surface area contributed by atoms with Crippen LogP contribution in [0.15, 0.2) is 70.9 Å². The van der Waals surface area contributed by atoms with Crippen LogP contribution in [-0.4, -0.2) is 16.9 Å². The summed E-state index contributed by atoms with van der Waals surface area (Å²) in [6.45, 7) is 12.1. The first-order chi connectivity index (χ1) is 13.4. The predicted molar refractivity (Wildman–Crippen MR) is 121 cm³/mol. The standard InChI is InChI=1S/C15H16N2.C10H12N.ClH.Fe/c1-11-6-4-7-12(2)15(11)17-13(3)14-8-5-9-16-10-14;1-4-11-10-8(2)6-5-7-9(10)3;;/h4-10H,1-3H3;5-7H,1-3H3;1H;/q;-1;;+2/p-1. The molecule has 0 atom stereocenters. The molecule has 30 heavy (non-hydrogen) atoms. The Morgan fingerprint density at radius 1 is 0.800 bits per heavy atom. The Balaban J connectivity index is 0.000000569. The fraction of sp³-hybridized carbons (Fsp3) is 0.240. The van der Waals surface area contributed by atoms with Gasteiger partial charge in [-0.05, 0) is 38.0 Å². The van der Waals surface area contributed by atoms with Gasteiger partial charge in [0.15, 0.2) is 0 Å². The van der Waals surface area contributed by atoms with Crippen molar-refractivity contribution >= 4 is 23.3 Å². The van der Waals surface area contributed by atoms with Crippen LogP contribution in [0.5, 0.6) is 0 Å². The van der Waals surface area contributed by atoms with Crippen molar-refractivity contribution in [3.63, 3.8) is 0 Å². The van der Waals surface area contributed by atoms with E-state index in [1.165, 1.54) is 22.3 Å². The van der Waals surface area contributed by atoms with E-state index in [0.29, 0.717) is 0 Å². The van der Waals surface area contributed by atoms with Gasteiger partial charge in [-0.2, -0.15) is 6.21 Å². The topological polar surface area (TPSA) is 37.6 Å². The SMILES string of the molecule is CC(=Nc1c(C)cccc1C)c1cccnc1.C[C-]=Nc1c(C)cccc1C.[Cl-].[Fe+2]. The summed E-state index contributed by atoms with van der Waals surface area (Å²) in [4.78, 5) is 13.0. The van der Waals surface area contributed by atoms with Crippen LogP contribution in [0.2, 0.25) is 0 Å². The van der Waals surface area contributed by atoms with Gasteiger partial charge >= 0.3 is 17.1 Å². The first kappa shape index (κ1) is 27.7. The maximum atomic E-state index is 4.70. The molecule has 0 spiro atoms. The number of para-hydroxylation sites is 2. The summed E-state index contributed by atoms with van der Waals surface area (Å²) in [6.07, 6.45) is 6.40. The fourth-order valence-electron chi connectivity index (χ4n) is 2.88. The quantitative estimate of drug-likeness (QED) is 0.333. The molecule has 1 aromatic heterocycles. The molecule has 5 heteroatoms. The minimum atomic E-state index is 0. The molecule has 0 aliphatic carbocycles. The number of aliphatic imine (C=N–C) groups is 2. The minimum absolute atomic E-state index is 0. The minimum Gasteiger partial charge on any atom is -1.00 e. The van der Waals surface area contributed by atoms with E-state index < -0.39 is 0 Å². The summed E-state index contributed by atoms with van der Waals surface area (Å²) in [6, 6.07) is 16.3. The molecule has 0 aliphatic heterocycles. The van der Waals surface area contributed by atoms with E-state index in [1.54, 1.807) is 6.20 Å². The van der Waals surface area contributed by atoms with Crippen LogP contribution in [0.3, 0.4) is 0 Å². The third-order valence-corrected chi connectivity index (χ3v) is 4.46. The van der Waals surface area contributed by atoms with Crippen molar-refractivity contribution < 1.29 is 29.5 Å². The smallest absolute Gasteiger partial charge is 1.00 e. The molecule has 2 aromatic carbocycles. The van der Waals surface area contributed by atoms with Crippen LogP contribution < -0.4 is 12.4 Å². The zero-order chi connectivity index (χ0) is 20.5. The monoisotopic (exact) mass is 461 g/mol. The number of aromatic nitrogens is 1. The van der Waals surface area contributed by atoms with Crippen LogP contribution >= 0.6 is 0 Å². The van der Waals surface area contributed by atoms with Crippen molar-refractivity contribution in [2.24, 2.45) is 9.98 Å². The average molecular weight is 462 g/mol. The van der Waals surface area contributed by atoms with E-state index in [4.69, 9.17) is 4.99 Å². The van der Waals surface area contributed by atoms with Gasteiger partial charge in [-0.25, -0.2) is 0 Å². The number of nitrogens with zero attached hydrogens (tertiary/aromatic N) is 3. The third kappa shape index (κ3) is 7.87. The van der Waals surface area contributed by atoms with Gasteiger partial charge in [0, 0.05) is 23.7 Å². The van der Waals surface area contributed by atoms with E-state index in [2.05, 4.69) is 74.2 Å². The Kier molecular flexibility index (Phi) is 12.8.